The van der Waals surface area contributed by atoms with Gasteiger partial charge in [-0.15, -0.1) is 0 Å². The molecule has 0 aliphatic rings. The minimum atomic E-state index is -1.61. The van der Waals surface area contributed by atoms with Crippen LogP contribution in [0.2, 0.25) is 0 Å². The summed E-state index contributed by atoms with van der Waals surface area (Å²) < 4.78 is 8.05. The van der Waals surface area contributed by atoms with Crippen LogP contribution in [-0.2, 0) is 4.74 Å². The Bertz CT molecular complexity index is 375. The van der Waals surface area contributed by atoms with Crippen molar-refractivity contribution in [3.05, 3.63) is 24.3 Å². The average molecular weight is 299 g/mol. The number of anilines is 1. The van der Waals surface area contributed by atoms with E-state index in [1.807, 2.05) is 0 Å². The Morgan fingerprint density at radius 1 is 1.29 bits per heavy atom. The second-order valence-electron chi connectivity index (χ2n) is 3.04. The van der Waals surface area contributed by atoms with Gasteiger partial charge in [-0.1, -0.05) is 34.8 Å². The average Bonchev–Trinajstić information content (AvgIpc) is 2.27. The molecular weight excluding hydrogens is 288 g/mol. The molecule has 0 saturated heterocycles. The topological polar surface area (TPSA) is 47.6 Å². The maximum absolute atomic E-state index is 11.3. The van der Waals surface area contributed by atoms with E-state index in [0.29, 0.717) is 11.4 Å². The lowest BCUT2D eigenvalue weighted by Gasteiger charge is -2.12. The second-order valence-corrected chi connectivity index (χ2v) is 5.56. The van der Waals surface area contributed by atoms with Gasteiger partial charge in [-0.2, -0.15) is 0 Å². The van der Waals surface area contributed by atoms with Crippen LogP contribution in [0.3, 0.4) is 0 Å². The monoisotopic (exact) mass is 297 g/mol. The molecule has 0 unspecified atom stereocenters. The fraction of sp³-hybridized carbons (Fsp3) is 0.300. The highest BCUT2D eigenvalue weighted by atomic mass is 35.6. The number of halogens is 3. The molecule has 0 heterocycles. The molecule has 1 aromatic rings. The highest BCUT2D eigenvalue weighted by Gasteiger charge is 2.22. The molecule has 1 N–H and O–H groups in total. The summed E-state index contributed by atoms with van der Waals surface area (Å²) in [6.45, 7) is -0.320. The van der Waals surface area contributed by atoms with E-state index in [0.717, 1.165) is 0 Å². The van der Waals surface area contributed by atoms with Crippen LogP contribution in [0.5, 0.6) is 5.75 Å². The minimum absolute atomic E-state index is 0.320. The van der Waals surface area contributed by atoms with Crippen molar-refractivity contribution in [1.29, 1.82) is 0 Å². The lowest BCUT2D eigenvalue weighted by Crippen LogP contribution is -2.21. The molecule has 0 radical (unpaired) electrons. The van der Waals surface area contributed by atoms with E-state index in [1.165, 1.54) is 0 Å². The van der Waals surface area contributed by atoms with Crippen LogP contribution >= 0.6 is 34.8 Å². The molecule has 0 aliphatic heterocycles. The molecule has 0 saturated carbocycles. The van der Waals surface area contributed by atoms with Gasteiger partial charge in [0.25, 0.3) is 0 Å². The third-order valence-electron chi connectivity index (χ3n) is 1.70. The number of nitrogens with one attached hydrogen (secondary N) is 1. The van der Waals surface area contributed by atoms with Crippen molar-refractivity contribution in [3.63, 3.8) is 0 Å². The molecule has 0 atom stereocenters. The maximum atomic E-state index is 11.3. The molecule has 0 fully saturated rings. The Morgan fingerprint density at radius 2 is 1.88 bits per heavy atom. The lowest BCUT2D eigenvalue weighted by molar-refractivity contribution is 0.164. The number of methoxy groups -OCH3 is 1. The molecule has 0 bridgehead atoms. The SMILES string of the molecule is COc1ccc(NC(=O)OCC(Cl)(Cl)Cl)cc1. The van der Waals surface area contributed by atoms with Crippen LogP contribution in [-0.4, -0.2) is 23.6 Å². The summed E-state index contributed by atoms with van der Waals surface area (Å²) in [6, 6.07) is 6.72. The van der Waals surface area contributed by atoms with E-state index in [2.05, 4.69) is 10.1 Å². The third-order valence-corrected chi connectivity index (χ3v) is 2.03. The van der Waals surface area contributed by atoms with Crippen LogP contribution in [0.15, 0.2) is 24.3 Å². The van der Waals surface area contributed by atoms with Crippen LogP contribution in [0.1, 0.15) is 0 Å². The van der Waals surface area contributed by atoms with Crippen molar-refractivity contribution in [2.45, 2.75) is 3.79 Å². The van der Waals surface area contributed by atoms with Gasteiger partial charge in [-0.05, 0) is 24.3 Å². The Morgan fingerprint density at radius 3 is 2.35 bits per heavy atom. The molecule has 1 rings (SSSR count). The summed E-state index contributed by atoms with van der Waals surface area (Å²) in [4.78, 5) is 11.3. The number of ether oxygens (including phenoxy) is 2. The number of carbonyl (C=O) groups excluding carboxylic acids is 1. The van der Waals surface area contributed by atoms with Crippen molar-refractivity contribution in [2.24, 2.45) is 0 Å². The predicted octanol–water partition coefficient (Wildman–Crippen LogP) is 3.61. The van der Waals surface area contributed by atoms with Crippen molar-refractivity contribution in [2.75, 3.05) is 19.0 Å². The van der Waals surface area contributed by atoms with E-state index < -0.39 is 9.89 Å². The smallest absolute Gasteiger partial charge is 0.411 e. The zero-order valence-corrected chi connectivity index (χ0v) is 11.1. The number of amides is 1. The summed E-state index contributed by atoms with van der Waals surface area (Å²) in [6.07, 6.45) is -0.693. The van der Waals surface area contributed by atoms with Gasteiger partial charge in [0.2, 0.25) is 3.79 Å². The van der Waals surface area contributed by atoms with E-state index in [4.69, 9.17) is 39.5 Å². The van der Waals surface area contributed by atoms with E-state index in [-0.39, 0.29) is 6.61 Å². The molecule has 4 nitrogen and oxygen atoms in total. The highest BCUT2D eigenvalue weighted by molar-refractivity contribution is 6.67. The first-order chi connectivity index (χ1) is 7.90. The van der Waals surface area contributed by atoms with E-state index in [1.54, 1.807) is 31.4 Å². The Kier molecular flexibility index (Phi) is 5.18. The van der Waals surface area contributed by atoms with Gasteiger partial charge in [-0.25, -0.2) is 4.79 Å². The molecule has 1 aromatic carbocycles. The first-order valence-electron chi connectivity index (χ1n) is 4.55. The number of alkyl halides is 3. The van der Waals surface area contributed by atoms with Crippen molar-refractivity contribution in [3.8, 4) is 5.75 Å². The Hall–Kier alpha value is -0.840. The molecule has 7 heteroatoms. The quantitative estimate of drug-likeness (QED) is 0.867. The lowest BCUT2D eigenvalue weighted by atomic mass is 10.3. The molecular formula is C10H10Cl3NO3. The van der Waals surface area contributed by atoms with Gasteiger partial charge in [0, 0.05) is 5.69 Å². The van der Waals surface area contributed by atoms with Gasteiger partial charge < -0.3 is 9.47 Å². The summed E-state index contributed by atoms with van der Waals surface area (Å²) >= 11 is 16.3. The largest absolute Gasteiger partial charge is 0.497 e. The molecule has 0 spiro atoms. The van der Waals surface area contributed by atoms with E-state index >= 15 is 0 Å². The normalized spacial score (nSPS) is 10.8. The van der Waals surface area contributed by atoms with Gasteiger partial charge in [0.15, 0.2) is 0 Å². The van der Waals surface area contributed by atoms with Crippen LogP contribution in [0.25, 0.3) is 0 Å². The number of hydrogen-bond acceptors (Lipinski definition) is 3. The zero-order valence-electron chi connectivity index (χ0n) is 8.88. The Balaban J connectivity index is 2.45. The van der Waals surface area contributed by atoms with Crippen LogP contribution in [0.4, 0.5) is 10.5 Å². The third kappa shape index (κ3) is 5.86. The molecule has 0 aliphatic carbocycles. The maximum Gasteiger partial charge on any atom is 0.411 e. The molecule has 94 valence electrons. The van der Waals surface area contributed by atoms with Crippen LogP contribution in [0, 0.1) is 0 Å². The fourth-order valence-corrected chi connectivity index (χ4v) is 1.14. The summed E-state index contributed by atoms with van der Waals surface area (Å²) in [7, 11) is 1.55. The van der Waals surface area contributed by atoms with Crippen molar-refractivity contribution >= 4 is 46.6 Å². The van der Waals surface area contributed by atoms with Crippen molar-refractivity contribution < 1.29 is 14.3 Å². The summed E-state index contributed by atoms with van der Waals surface area (Å²) in [5.74, 6) is 0.685. The predicted molar refractivity (Wildman–Crippen MR) is 68.3 cm³/mol. The van der Waals surface area contributed by atoms with Gasteiger partial charge in [0.1, 0.15) is 12.4 Å². The van der Waals surface area contributed by atoms with E-state index in [9.17, 15) is 4.79 Å². The molecule has 17 heavy (non-hydrogen) atoms. The van der Waals surface area contributed by atoms with Crippen molar-refractivity contribution in [1.82, 2.24) is 0 Å². The summed E-state index contributed by atoms with van der Waals surface area (Å²) in [5, 5.41) is 2.47. The number of carbonyl (C=O) groups is 1. The standard InChI is InChI=1S/C10H10Cl3NO3/c1-16-8-4-2-7(3-5-8)14-9(15)17-6-10(11,12)13/h2-5H,6H2,1H3,(H,14,15). The number of hydrogen-bond donors (Lipinski definition) is 1. The number of rotatable bonds is 3. The molecule has 0 aromatic heterocycles. The molecule has 1 amide bonds. The first-order valence-corrected chi connectivity index (χ1v) is 5.69. The van der Waals surface area contributed by atoms with Crippen LogP contribution < -0.4 is 10.1 Å². The Labute approximate surface area is 114 Å². The highest BCUT2D eigenvalue weighted by Crippen LogP contribution is 2.26. The zero-order chi connectivity index (χ0) is 12.9. The summed E-state index contributed by atoms with van der Waals surface area (Å²) in [5.41, 5.74) is 0.556. The fourth-order valence-electron chi connectivity index (χ4n) is 0.976. The van der Waals surface area contributed by atoms with Gasteiger partial charge >= 0.3 is 6.09 Å². The second kappa shape index (κ2) is 6.19. The van der Waals surface area contributed by atoms with Gasteiger partial charge in [-0.3, -0.25) is 5.32 Å². The minimum Gasteiger partial charge on any atom is -0.497 e. The first kappa shape index (κ1) is 14.2. The van der Waals surface area contributed by atoms with Gasteiger partial charge in [0.05, 0.1) is 7.11 Å². The number of benzene rings is 1.